The van der Waals surface area contributed by atoms with Crippen LogP contribution in [0, 0.1) is 0 Å². The predicted molar refractivity (Wildman–Crippen MR) is 83.8 cm³/mol. The molecular weight excluding hydrogens is 290 g/mol. The molecular formula is C14H12ClN5O. The second kappa shape index (κ2) is 7.16. The van der Waals surface area contributed by atoms with Gasteiger partial charge in [0.1, 0.15) is 0 Å². The Bertz CT molecular complexity index is 668. The lowest BCUT2D eigenvalue weighted by atomic mass is 10.1. The molecule has 6 nitrogen and oxygen atoms in total. The van der Waals surface area contributed by atoms with Crippen LogP contribution in [0.25, 0.3) is 0 Å². The van der Waals surface area contributed by atoms with Crippen LogP contribution in [0.1, 0.15) is 10.4 Å². The molecule has 0 aliphatic carbocycles. The van der Waals surface area contributed by atoms with Crippen molar-refractivity contribution in [2.45, 2.75) is 0 Å². The van der Waals surface area contributed by atoms with Crippen molar-refractivity contribution in [2.75, 3.05) is 5.43 Å². The minimum absolute atomic E-state index is 0.0821. The van der Waals surface area contributed by atoms with E-state index < -0.39 is 0 Å². The number of nitrogens with one attached hydrogen (secondary N) is 1. The molecule has 1 aromatic carbocycles. The van der Waals surface area contributed by atoms with E-state index in [-0.39, 0.29) is 11.5 Å². The maximum atomic E-state index is 12.2. The maximum Gasteiger partial charge on any atom is 0.214 e. The number of carbonyl (C=O) groups is 1. The van der Waals surface area contributed by atoms with Crippen LogP contribution in [-0.2, 0) is 0 Å². The summed E-state index contributed by atoms with van der Waals surface area (Å²) in [4.78, 5) is 16.1. The molecule has 0 saturated carbocycles. The van der Waals surface area contributed by atoms with Crippen molar-refractivity contribution in [3.63, 3.8) is 0 Å². The van der Waals surface area contributed by atoms with Gasteiger partial charge in [0.05, 0.1) is 11.9 Å². The van der Waals surface area contributed by atoms with E-state index in [1.807, 2.05) is 0 Å². The molecule has 0 amide bonds. The molecule has 7 heteroatoms. The fourth-order valence-corrected chi connectivity index (χ4v) is 1.64. The molecule has 0 atom stereocenters. The number of hydrogen-bond acceptors (Lipinski definition) is 6. The molecule has 3 N–H and O–H groups in total. The summed E-state index contributed by atoms with van der Waals surface area (Å²) in [5.74, 6) is 4.80. The first-order valence-electron chi connectivity index (χ1n) is 5.98. The Morgan fingerprint density at radius 2 is 1.86 bits per heavy atom. The minimum Gasteiger partial charge on any atom is -0.323 e. The number of anilines is 1. The van der Waals surface area contributed by atoms with Gasteiger partial charge < -0.3 is 5.84 Å². The molecule has 0 fully saturated rings. The third-order valence-corrected chi connectivity index (χ3v) is 2.77. The molecule has 1 heterocycles. The number of rotatable bonds is 5. The van der Waals surface area contributed by atoms with Gasteiger partial charge >= 0.3 is 0 Å². The van der Waals surface area contributed by atoms with Crippen LogP contribution >= 0.6 is 11.6 Å². The minimum atomic E-state index is -0.312. The first kappa shape index (κ1) is 14.7. The normalized spacial score (nSPS) is 11.6. The lowest BCUT2D eigenvalue weighted by molar-refractivity contribution is 0.106. The van der Waals surface area contributed by atoms with Crippen LogP contribution in [0.2, 0.25) is 5.02 Å². The second-order valence-corrected chi connectivity index (χ2v) is 4.40. The Morgan fingerprint density at radius 3 is 2.48 bits per heavy atom. The van der Waals surface area contributed by atoms with Crippen molar-refractivity contribution >= 4 is 35.0 Å². The highest BCUT2D eigenvalue weighted by Gasteiger charge is 2.12. The lowest BCUT2D eigenvalue weighted by Crippen LogP contribution is -2.18. The number of hydrogen-bond donors (Lipinski definition) is 2. The van der Waals surface area contributed by atoms with Gasteiger partial charge in [0.25, 0.3) is 0 Å². The number of ketones is 1. The van der Waals surface area contributed by atoms with Crippen molar-refractivity contribution in [3.8, 4) is 0 Å². The van der Waals surface area contributed by atoms with Crippen molar-refractivity contribution < 1.29 is 4.79 Å². The van der Waals surface area contributed by atoms with Gasteiger partial charge in [0, 0.05) is 23.0 Å². The van der Waals surface area contributed by atoms with Gasteiger partial charge in [-0.25, -0.2) is 0 Å². The van der Waals surface area contributed by atoms with Crippen LogP contribution in [0.4, 0.5) is 5.69 Å². The Balaban J connectivity index is 2.20. The topological polar surface area (TPSA) is 92.7 Å². The highest BCUT2D eigenvalue weighted by atomic mass is 35.5. The summed E-state index contributed by atoms with van der Waals surface area (Å²) in [5.41, 5.74) is 3.97. The monoisotopic (exact) mass is 301 g/mol. The van der Waals surface area contributed by atoms with E-state index in [1.54, 1.807) is 36.4 Å². The summed E-state index contributed by atoms with van der Waals surface area (Å²) in [5, 5.41) is 7.98. The van der Waals surface area contributed by atoms with Gasteiger partial charge in [0.15, 0.2) is 5.71 Å². The fourth-order valence-electron chi connectivity index (χ4n) is 1.51. The van der Waals surface area contributed by atoms with E-state index in [2.05, 4.69) is 20.6 Å². The number of nitrogens with zero attached hydrogens (tertiary/aromatic N) is 3. The second-order valence-electron chi connectivity index (χ2n) is 3.96. The van der Waals surface area contributed by atoms with Crippen molar-refractivity contribution in [2.24, 2.45) is 16.0 Å². The van der Waals surface area contributed by atoms with Crippen LogP contribution in [-0.4, -0.2) is 22.7 Å². The molecule has 0 spiro atoms. The first-order chi connectivity index (χ1) is 10.2. The van der Waals surface area contributed by atoms with E-state index in [0.29, 0.717) is 16.3 Å². The molecule has 2 aromatic rings. The van der Waals surface area contributed by atoms with Gasteiger partial charge in [-0.15, -0.1) is 0 Å². The number of Topliss-reactive ketones (excluding diaryl/α,β-unsaturated/α-hetero) is 1. The van der Waals surface area contributed by atoms with E-state index in [4.69, 9.17) is 17.4 Å². The average molecular weight is 302 g/mol. The molecule has 2 rings (SSSR count). The highest BCUT2D eigenvalue weighted by molar-refractivity contribution is 6.64. The number of hydrazone groups is 2. The molecule has 106 valence electrons. The summed E-state index contributed by atoms with van der Waals surface area (Å²) >= 11 is 5.79. The number of aromatic nitrogens is 1. The van der Waals surface area contributed by atoms with Gasteiger partial charge in [0.2, 0.25) is 5.78 Å². The zero-order chi connectivity index (χ0) is 15.1. The molecule has 21 heavy (non-hydrogen) atoms. The Kier molecular flexibility index (Phi) is 5.00. The molecule has 0 aliphatic heterocycles. The quantitative estimate of drug-likeness (QED) is 0.384. The van der Waals surface area contributed by atoms with Gasteiger partial charge in [-0.05, 0) is 36.4 Å². The third-order valence-electron chi connectivity index (χ3n) is 2.52. The van der Waals surface area contributed by atoms with Crippen molar-refractivity contribution in [1.82, 2.24) is 4.98 Å². The highest BCUT2D eigenvalue weighted by Crippen LogP contribution is 2.13. The number of benzene rings is 1. The Labute approximate surface area is 126 Å². The maximum absolute atomic E-state index is 12.2. The predicted octanol–water partition coefficient (Wildman–Crippen LogP) is 2.33. The summed E-state index contributed by atoms with van der Waals surface area (Å²) in [7, 11) is 0. The van der Waals surface area contributed by atoms with Crippen LogP contribution in [0.5, 0.6) is 0 Å². The number of pyridine rings is 1. The molecule has 0 unspecified atom stereocenters. The first-order valence-corrected chi connectivity index (χ1v) is 6.36. The van der Waals surface area contributed by atoms with E-state index in [1.165, 1.54) is 18.6 Å². The average Bonchev–Trinajstić information content (AvgIpc) is 2.53. The van der Waals surface area contributed by atoms with Gasteiger partial charge in [-0.2, -0.15) is 10.2 Å². The van der Waals surface area contributed by atoms with Crippen molar-refractivity contribution in [3.05, 3.63) is 59.4 Å². The largest absolute Gasteiger partial charge is 0.323 e. The fraction of sp³-hybridized carbons (Fsp3) is 0. The smallest absolute Gasteiger partial charge is 0.214 e. The van der Waals surface area contributed by atoms with Crippen LogP contribution < -0.4 is 11.3 Å². The van der Waals surface area contributed by atoms with Crippen molar-refractivity contribution in [1.29, 1.82) is 0 Å². The Hall–Kier alpha value is -2.73. The zero-order valence-electron chi connectivity index (χ0n) is 10.9. The standard InChI is InChI=1S/C14H12ClN5O/c15-11-1-3-12(4-2-11)19-20-13(9-18-16)14(21)10-5-7-17-8-6-10/h1-9,19H,16H2/b18-9+,20-13+. The number of carbonyl (C=O) groups excluding carboxylic acids is 1. The summed E-state index contributed by atoms with van der Waals surface area (Å²) in [6.45, 7) is 0. The number of nitrogens with two attached hydrogens (primary N) is 1. The number of halogens is 1. The lowest BCUT2D eigenvalue weighted by Gasteiger charge is -2.03. The van der Waals surface area contributed by atoms with Crippen LogP contribution in [0.3, 0.4) is 0 Å². The molecule has 0 bridgehead atoms. The zero-order valence-corrected chi connectivity index (χ0v) is 11.7. The summed E-state index contributed by atoms with van der Waals surface area (Å²) < 4.78 is 0. The van der Waals surface area contributed by atoms with E-state index in [0.717, 1.165) is 0 Å². The van der Waals surface area contributed by atoms with Gasteiger partial charge in [-0.3, -0.25) is 15.2 Å². The summed E-state index contributed by atoms with van der Waals surface area (Å²) in [6, 6.07) is 10.1. The molecule has 0 saturated heterocycles. The molecule has 1 aromatic heterocycles. The molecule has 0 radical (unpaired) electrons. The third kappa shape index (κ3) is 4.12. The van der Waals surface area contributed by atoms with E-state index >= 15 is 0 Å². The van der Waals surface area contributed by atoms with Crippen LogP contribution in [0.15, 0.2) is 59.0 Å². The Morgan fingerprint density at radius 1 is 1.19 bits per heavy atom. The van der Waals surface area contributed by atoms with Gasteiger partial charge in [-0.1, -0.05) is 11.6 Å². The SMILES string of the molecule is N/N=C/C(=N\Nc1ccc(Cl)cc1)C(=O)c1ccncc1. The van der Waals surface area contributed by atoms with E-state index in [9.17, 15) is 4.79 Å². The molecule has 0 aliphatic rings. The summed E-state index contributed by atoms with van der Waals surface area (Å²) in [6.07, 6.45) is 4.24.